The molecule has 0 aromatic heterocycles. The number of halogens is 6. The van der Waals surface area contributed by atoms with Crippen molar-refractivity contribution in [3.05, 3.63) is 215 Å². The maximum atomic E-state index is 15.4. The summed E-state index contributed by atoms with van der Waals surface area (Å²) < 4.78 is 82.0. The number of amides is 4. The van der Waals surface area contributed by atoms with Crippen LogP contribution in [0.2, 0.25) is 0 Å². The number of alkyl halides is 6. The summed E-state index contributed by atoms with van der Waals surface area (Å²) in [5, 5.41) is 3.28. The number of carbonyl (C=O) groups excluding carboxylic acids is 12. The Morgan fingerprint density at radius 2 is 0.761 bits per heavy atom. The van der Waals surface area contributed by atoms with Gasteiger partial charge in [0, 0.05) is 20.8 Å². The molecule has 0 radical (unpaired) electrons. The fourth-order valence-electron chi connectivity index (χ4n) is 11.8. The van der Waals surface area contributed by atoms with Crippen LogP contribution in [-0.2, 0) is 80.7 Å². The highest BCUT2D eigenvalue weighted by Crippen LogP contribution is 2.44. The Morgan fingerprint density at radius 1 is 0.394 bits per heavy atom. The number of hydrogen-bond acceptors (Lipinski definition) is 27. The van der Waals surface area contributed by atoms with Gasteiger partial charge >= 0.3 is 59.9 Å². The number of alkyl carbamates (subject to hydrolysis) is 2. The maximum absolute atomic E-state index is 15.4. The average Bonchev–Trinajstić information content (AvgIpc) is 1.73. The van der Waals surface area contributed by atoms with Gasteiger partial charge in [0.25, 0.3) is 11.8 Å². The minimum Gasteiger partial charge on any atom is -0.463 e. The van der Waals surface area contributed by atoms with Gasteiger partial charge in [0.2, 0.25) is 13.9 Å². The van der Waals surface area contributed by atoms with Gasteiger partial charge < -0.3 is 76.9 Å². The lowest BCUT2D eigenvalue weighted by atomic mass is 9.93. The van der Waals surface area contributed by atoms with Gasteiger partial charge in [-0.25, -0.2) is 33.6 Å². The normalized spacial score (nSPS) is 24.4. The highest BCUT2D eigenvalue weighted by Gasteiger charge is 2.62. The van der Waals surface area contributed by atoms with E-state index in [1.807, 2.05) is 0 Å². The molecule has 2 N–H and O–H groups in total. The highest BCUT2D eigenvalue weighted by atomic mass is 35.6. The fourth-order valence-corrected chi connectivity index (χ4v) is 13.7. The molecule has 15 atom stereocenters. The summed E-state index contributed by atoms with van der Waals surface area (Å²) in [6, 6.07) is 35.8. The maximum Gasteiger partial charge on any atom is 0.407 e. The second-order valence-electron chi connectivity index (χ2n) is 24.2. The highest BCUT2D eigenvalue weighted by molar-refractivity contribution is 8.00. The largest absolute Gasteiger partial charge is 0.463 e. The molecule has 3 saturated heterocycles. The second kappa shape index (κ2) is 37.4. The van der Waals surface area contributed by atoms with Crippen molar-refractivity contribution < 1.29 is 124 Å². The van der Waals surface area contributed by atoms with Crippen molar-refractivity contribution in [1.82, 2.24) is 15.5 Å². The van der Waals surface area contributed by atoms with E-state index in [2.05, 4.69) is 10.6 Å². The summed E-state index contributed by atoms with van der Waals surface area (Å²) in [5.41, 5.74) is -2.93. The van der Waals surface area contributed by atoms with Crippen LogP contribution in [0.5, 0.6) is 0 Å². The number of ether oxygens (including phenoxy) is 14. The van der Waals surface area contributed by atoms with Crippen molar-refractivity contribution >= 4 is 153 Å². The summed E-state index contributed by atoms with van der Waals surface area (Å²) in [7, 11) is 0. The third kappa shape index (κ3) is 22.0. The van der Waals surface area contributed by atoms with Crippen molar-refractivity contribution in [1.29, 1.82) is 0 Å². The van der Waals surface area contributed by atoms with Crippen LogP contribution in [0.3, 0.4) is 0 Å². The van der Waals surface area contributed by atoms with E-state index in [9.17, 15) is 43.2 Å². The molecule has 36 heteroatoms. The Kier molecular flexibility index (Phi) is 28.2. The zero-order valence-electron chi connectivity index (χ0n) is 57.2. The number of carbonyl (C=O) groups is 12. The molecular weight excluding hydrogens is 1580 g/mol. The van der Waals surface area contributed by atoms with Crippen molar-refractivity contribution in [3.63, 3.8) is 0 Å². The predicted octanol–water partition coefficient (Wildman–Crippen LogP) is 9.69. The van der Waals surface area contributed by atoms with Gasteiger partial charge in [-0.1, -0.05) is 173 Å². The molecule has 109 heavy (non-hydrogen) atoms. The molecule has 4 aliphatic heterocycles. The Bertz CT molecular complexity index is 4230. The third-order valence-electron chi connectivity index (χ3n) is 16.5. The number of nitrogens with one attached hydrogen (secondary N) is 2. The molecule has 0 aliphatic carbocycles. The molecule has 10 rings (SSSR count). The number of nitrogens with zero attached hydrogens (tertiary/aromatic N) is 1. The number of thioether (sulfide) groups is 1. The zero-order chi connectivity index (χ0) is 78.3. The monoisotopic (exact) mass is 1640 g/mol. The molecule has 3 unspecified atom stereocenters. The van der Waals surface area contributed by atoms with E-state index in [4.69, 9.17) is 136 Å². The number of benzene rings is 6. The van der Waals surface area contributed by atoms with Gasteiger partial charge in [-0.15, -0.1) is 11.8 Å². The molecule has 0 saturated carbocycles. The van der Waals surface area contributed by atoms with Crippen LogP contribution >= 0.6 is 81.4 Å². The first-order valence-corrected chi connectivity index (χ1v) is 36.2. The molecule has 6 aromatic rings. The molecule has 0 bridgehead atoms. The van der Waals surface area contributed by atoms with E-state index >= 15 is 14.4 Å². The molecule has 4 amide bonds. The number of rotatable bonds is 25. The molecular formula is C73H65Cl6N3O26S. The Morgan fingerprint density at radius 3 is 1.19 bits per heavy atom. The fraction of sp³-hybridized carbons (Fsp3) is 0.342. The quantitative estimate of drug-likeness (QED) is 0.0233. The lowest BCUT2D eigenvalue weighted by Gasteiger charge is -2.51. The van der Waals surface area contributed by atoms with Gasteiger partial charge in [-0.05, 0) is 72.8 Å². The molecule has 4 aliphatic rings. The van der Waals surface area contributed by atoms with Crippen LogP contribution in [0.15, 0.2) is 176 Å². The predicted molar refractivity (Wildman–Crippen MR) is 384 cm³/mol. The first kappa shape index (κ1) is 82.2. The minimum atomic E-state index is -2.39. The molecule has 4 heterocycles. The summed E-state index contributed by atoms with van der Waals surface area (Å²) in [5.74, 6) is -10.8. The zero-order valence-corrected chi connectivity index (χ0v) is 62.5. The van der Waals surface area contributed by atoms with Crippen LogP contribution in [0.25, 0.3) is 0 Å². The summed E-state index contributed by atoms with van der Waals surface area (Å²) in [4.78, 5) is 173. The molecule has 29 nitrogen and oxygen atoms in total. The topological polar surface area (TPSA) is 361 Å². The van der Waals surface area contributed by atoms with Gasteiger partial charge in [0.05, 0.1) is 44.2 Å². The number of hydrogen-bond donors (Lipinski definition) is 2. The standard InChI is InChI=1S/C73H65Cl6N3O26S/c1-38(83)95-33-49-54(108-68-53(82-60(86)46-31-19-20-32-47(46)61(82)87)58(107-66(92)45-29-17-8-18-30-45)55(104-63(89)42-23-11-5-12-24-42)48(101-68)34-97-62(88)41-21-9-4-10-22-41)56(105-64(90)43-25-13-6-14-26-43)52(81-71(94)99-37-73(77,78)79)69(103-49)109-59-50(35-96-39(2)84)102-67(100-40(3)85)51(80-70(93)98-36-72(74,75)76)57(59)106-65(91)44-27-15-7-16-28-44/h4-32,48-59,67-69H,33-37H2,1-3H3,(H,80,93)(H,81,94)/t48-,49-,50-,51?,52-,53-,54-,55-,56-,57?,58-,59-,67?,68+,69+/m1/s1. The summed E-state index contributed by atoms with van der Waals surface area (Å²) in [6.45, 7) is -1.67. The van der Waals surface area contributed by atoms with E-state index < -0.39 is 203 Å². The molecule has 0 spiro atoms. The van der Waals surface area contributed by atoms with E-state index in [-0.39, 0.29) is 38.9 Å². The number of fused-ring (bicyclic) bond motifs is 1. The smallest absolute Gasteiger partial charge is 0.407 e. The molecule has 3 fully saturated rings. The minimum absolute atomic E-state index is 0.00240. The van der Waals surface area contributed by atoms with Gasteiger partial charge in [0.1, 0.15) is 87.1 Å². The Labute approximate surface area is 655 Å². The lowest BCUT2D eigenvalue weighted by Crippen LogP contribution is -2.71. The van der Waals surface area contributed by atoms with Gasteiger partial charge in [0.15, 0.2) is 24.6 Å². The third-order valence-corrected chi connectivity index (χ3v) is 18.7. The van der Waals surface area contributed by atoms with Crippen LogP contribution in [-0.4, -0.2) is 207 Å². The molecule has 6 aromatic carbocycles. The molecule has 576 valence electrons. The van der Waals surface area contributed by atoms with Crippen molar-refractivity contribution in [2.75, 3.05) is 33.0 Å². The van der Waals surface area contributed by atoms with Crippen LogP contribution in [0, 0.1) is 0 Å². The lowest BCUT2D eigenvalue weighted by molar-refractivity contribution is -0.315. The number of imide groups is 1. The Balaban J connectivity index is 1.19. The SMILES string of the molecule is CC(=O)OC[C@H]1O[C@@H](S[C@H]2C(OC(=O)c3ccccc3)C(NC(=O)OCC(Cl)(Cl)Cl)C(OC(C)=O)O[C@@H]2COC(C)=O)[C@H](NC(=O)OCC(Cl)(Cl)Cl)[C@@H](OC(=O)c2ccccc2)[C@@H]1O[C@@H]1O[C@H](COC(=O)c2ccccc2)[C@@H](OC(=O)c2ccccc2)[C@H](OC(=O)c2ccccc2)[C@H]1N1C(=O)c2ccccc2C1=O. The van der Waals surface area contributed by atoms with Crippen LogP contribution < -0.4 is 10.6 Å². The van der Waals surface area contributed by atoms with E-state index in [1.54, 1.807) is 30.3 Å². The van der Waals surface area contributed by atoms with Gasteiger partial charge in [-0.3, -0.25) is 28.9 Å². The van der Waals surface area contributed by atoms with Gasteiger partial charge in [-0.2, -0.15) is 0 Å². The second-order valence-corrected chi connectivity index (χ2v) is 30.5. The average molecular weight is 1650 g/mol. The van der Waals surface area contributed by atoms with E-state index in [1.165, 1.54) is 146 Å². The number of esters is 8. The first-order valence-electron chi connectivity index (χ1n) is 32.9. The van der Waals surface area contributed by atoms with E-state index in [0.717, 1.165) is 20.8 Å². The summed E-state index contributed by atoms with van der Waals surface area (Å²) >= 11 is 36.8. The van der Waals surface area contributed by atoms with Crippen molar-refractivity contribution in [2.24, 2.45) is 0 Å². The Hall–Kier alpha value is -9.31. The van der Waals surface area contributed by atoms with Crippen molar-refractivity contribution in [2.45, 2.75) is 119 Å². The van der Waals surface area contributed by atoms with Crippen LogP contribution in [0.1, 0.15) is 93.3 Å². The van der Waals surface area contributed by atoms with E-state index in [0.29, 0.717) is 16.7 Å². The van der Waals surface area contributed by atoms with Crippen LogP contribution in [0.4, 0.5) is 9.59 Å². The van der Waals surface area contributed by atoms with Crippen molar-refractivity contribution in [3.8, 4) is 0 Å². The summed E-state index contributed by atoms with van der Waals surface area (Å²) in [6.07, 6.45) is -23.5. The first-order chi connectivity index (χ1) is 52.0.